The van der Waals surface area contributed by atoms with Crippen LogP contribution in [0.5, 0.6) is 0 Å². The molecule has 122 valence electrons. The van der Waals surface area contributed by atoms with Crippen LogP contribution >= 0.6 is 11.6 Å². The van der Waals surface area contributed by atoms with Gasteiger partial charge < -0.3 is 9.84 Å². The number of halogens is 2. The summed E-state index contributed by atoms with van der Waals surface area (Å²) in [5, 5.41) is 7.32. The monoisotopic (exact) mass is 344 g/mol. The molecule has 3 aromatic rings. The average molecular weight is 345 g/mol. The first kappa shape index (κ1) is 16.2. The number of carbonyl (C=O) groups excluding carboxylic acids is 1. The van der Waals surface area contributed by atoms with Gasteiger partial charge in [0, 0.05) is 16.3 Å². The molecule has 1 heterocycles. The Balaban J connectivity index is 1.97. The highest BCUT2D eigenvalue weighted by molar-refractivity contribution is 6.31. The zero-order valence-corrected chi connectivity index (χ0v) is 13.8. The molecular weight excluding hydrogens is 331 g/mol. The number of anilines is 1. The van der Waals surface area contributed by atoms with Crippen LogP contribution in [0.4, 0.5) is 10.1 Å². The highest BCUT2D eigenvalue weighted by Crippen LogP contribution is 2.28. The maximum Gasteiger partial charge on any atom is 0.261 e. The molecule has 0 unspecified atom stereocenters. The van der Waals surface area contributed by atoms with Crippen LogP contribution < -0.4 is 5.32 Å². The van der Waals surface area contributed by atoms with Crippen molar-refractivity contribution in [2.24, 2.45) is 0 Å². The standard InChI is InChI=1S/C18H14ClFN2O2/c1-10-14(19)4-3-5-15(10)21-18(23)16-11(2)24-22-17(16)12-6-8-13(20)9-7-12/h3-9H,1-2H3,(H,21,23). The molecule has 0 saturated heterocycles. The van der Waals surface area contributed by atoms with Gasteiger partial charge in [0.05, 0.1) is 0 Å². The van der Waals surface area contributed by atoms with Gasteiger partial charge in [0.1, 0.15) is 22.8 Å². The van der Waals surface area contributed by atoms with Crippen LogP contribution in [-0.2, 0) is 0 Å². The van der Waals surface area contributed by atoms with E-state index in [1.165, 1.54) is 12.1 Å². The molecule has 1 amide bonds. The van der Waals surface area contributed by atoms with Gasteiger partial charge in [-0.05, 0) is 55.8 Å². The number of nitrogens with one attached hydrogen (secondary N) is 1. The molecule has 4 nitrogen and oxygen atoms in total. The Morgan fingerprint density at radius 1 is 1.17 bits per heavy atom. The molecule has 1 aromatic heterocycles. The molecule has 24 heavy (non-hydrogen) atoms. The SMILES string of the molecule is Cc1onc(-c2ccc(F)cc2)c1C(=O)Nc1cccc(Cl)c1C. The van der Waals surface area contributed by atoms with E-state index in [2.05, 4.69) is 10.5 Å². The minimum absolute atomic E-state index is 0.306. The van der Waals surface area contributed by atoms with E-state index in [0.29, 0.717) is 33.3 Å². The van der Waals surface area contributed by atoms with E-state index in [9.17, 15) is 9.18 Å². The Morgan fingerprint density at radius 2 is 1.88 bits per heavy atom. The summed E-state index contributed by atoms with van der Waals surface area (Å²) in [4.78, 5) is 12.7. The second-order valence-corrected chi connectivity index (χ2v) is 5.74. The topological polar surface area (TPSA) is 55.1 Å². The lowest BCUT2D eigenvalue weighted by Crippen LogP contribution is -2.14. The van der Waals surface area contributed by atoms with Crippen molar-refractivity contribution in [1.82, 2.24) is 5.16 Å². The van der Waals surface area contributed by atoms with Gasteiger partial charge in [-0.1, -0.05) is 22.8 Å². The highest BCUT2D eigenvalue weighted by Gasteiger charge is 2.22. The Labute approximate surface area is 143 Å². The molecule has 0 aliphatic rings. The Kier molecular flexibility index (Phi) is 4.36. The summed E-state index contributed by atoms with van der Waals surface area (Å²) in [7, 11) is 0. The third-order valence-corrected chi connectivity index (χ3v) is 4.13. The highest BCUT2D eigenvalue weighted by atomic mass is 35.5. The minimum atomic E-state index is -0.363. The maximum absolute atomic E-state index is 13.1. The van der Waals surface area contributed by atoms with E-state index < -0.39 is 0 Å². The van der Waals surface area contributed by atoms with Crippen molar-refractivity contribution in [2.75, 3.05) is 5.32 Å². The van der Waals surface area contributed by atoms with Crippen LogP contribution in [0.3, 0.4) is 0 Å². The molecule has 6 heteroatoms. The number of amides is 1. The van der Waals surface area contributed by atoms with Gasteiger partial charge in [0.2, 0.25) is 0 Å². The van der Waals surface area contributed by atoms with E-state index in [1.54, 1.807) is 37.3 Å². The molecule has 0 bridgehead atoms. The number of hydrogen-bond acceptors (Lipinski definition) is 3. The third-order valence-electron chi connectivity index (χ3n) is 3.72. The largest absolute Gasteiger partial charge is 0.360 e. The van der Waals surface area contributed by atoms with Crippen LogP contribution in [0.2, 0.25) is 5.02 Å². The summed E-state index contributed by atoms with van der Waals surface area (Å²) in [6.07, 6.45) is 0. The fraction of sp³-hybridized carbons (Fsp3) is 0.111. The summed E-state index contributed by atoms with van der Waals surface area (Å²) in [5.41, 5.74) is 2.65. The van der Waals surface area contributed by atoms with Crippen LogP contribution in [0.1, 0.15) is 21.7 Å². The van der Waals surface area contributed by atoms with Gasteiger partial charge >= 0.3 is 0 Å². The molecule has 0 aliphatic carbocycles. The van der Waals surface area contributed by atoms with Crippen molar-refractivity contribution >= 4 is 23.2 Å². The normalized spacial score (nSPS) is 10.7. The Hall–Kier alpha value is -2.66. The minimum Gasteiger partial charge on any atom is -0.360 e. The van der Waals surface area contributed by atoms with Crippen LogP contribution in [0.25, 0.3) is 11.3 Å². The summed E-state index contributed by atoms with van der Waals surface area (Å²) in [6.45, 7) is 3.47. The molecule has 2 aromatic carbocycles. The van der Waals surface area contributed by atoms with Gasteiger partial charge in [-0.2, -0.15) is 0 Å². The second kappa shape index (κ2) is 6.45. The molecule has 0 fully saturated rings. The molecule has 1 N–H and O–H groups in total. The molecule has 0 atom stereocenters. The van der Waals surface area contributed by atoms with Gasteiger partial charge in [-0.3, -0.25) is 4.79 Å². The summed E-state index contributed by atoms with van der Waals surface area (Å²) in [6, 6.07) is 11.0. The molecular formula is C18H14ClFN2O2. The van der Waals surface area contributed by atoms with Crippen LogP contribution in [0, 0.1) is 19.7 Å². The fourth-order valence-electron chi connectivity index (χ4n) is 2.37. The van der Waals surface area contributed by atoms with Gasteiger partial charge in [0.15, 0.2) is 0 Å². The Bertz CT molecular complexity index is 904. The quantitative estimate of drug-likeness (QED) is 0.727. The zero-order chi connectivity index (χ0) is 17.3. The Morgan fingerprint density at radius 3 is 2.58 bits per heavy atom. The van der Waals surface area contributed by atoms with Crippen molar-refractivity contribution in [3.05, 3.63) is 70.2 Å². The van der Waals surface area contributed by atoms with Gasteiger partial charge in [-0.15, -0.1) is 0 Å². The van der Waals surface area contributed by atoms with Gasteiger partial charge in [0.25, 0.3) is 5.91 Å². The second-order valence-electron chi connectivity index (χ2n) is 5.34. The molecule has 0 saturated carbocycles. The molecule has 0 spiro atoms. The van der Waals surface area contributed by atoms with Crippen LogP contribution in [0.15, 0.2) is 47.0 Å². The summed E-state index contributed by atoms with van der Waals surface area (Å²) < 4.78 is 18.3. The molecule has 0 aliphatic heterocycles. The zero-order valence-electron chi connectivity index (χ0n) is 13.1. The number of nitrogens with zero attached hydrogens (tertiary/aromatic N) is 1. The maximum atomic E-state index is 13.1. The lowest BCUT2D eigenvalue weighted by molar-refractivity contribution is 0.102. The first-order chi connectivity index (χ1) is 11.5. The van der Waals surface area contributed by atoms with Crippen LogP contribution in [-0.4, -0.2) is 11.1 Å². The van der Waals surface area contributed by atoms with Crippen molar-refractivity contribution in [3.8, 4) is 11.3 Å². The predicted molar refractivity (Wildman–Crippen MR) is 90.8 cm³/mol. The van der Waals surface area contributed by atoms with E-state index in [-0.39, 0.29) is 11.7 Å². The van der Waals surface area contributed by atoms with E-state index >= 15 is 0 Å². The van der Waals surface area contributed by atoms with Gasteiger partial charge in [-0.25, -0.2) is 4.39 Å². The smallest absolute Gasteiger partial charge is 0.261 e. The lowest BCUT2D eigenvalue weighted by atomic mass is 10.1. The third kappa shape index (κ3) is 3.03. The van der Waals surface area contributed by atoms with Crippen molar-refractivity contribution in [3.63, 3.8) is 0 Å². The van der Waals surface area contributed by atoms with Crippen molar-refractivity contribution in [2.45, 2.75) is 13.8 Å². The number of rotatable bonds is 3. The summed E-state index contributed by atoms with van der Waals surface area (Å²) >= 11 is 6.08. The van der Waals surface area contributed by atoms with Crippen molar-refractivity contribution < 1.29 is 13.7 Å². The first-order valence-corrected chi connectivity index (χ1v) is 7.64. The van der Waals surface area contributed by atoms with E-state index in [1.807, 2.05) is 6.92 Å². The first-order valence-electron chi connectivity index (χ1n) is 7.26. The lowest BCUT2D eigenvalue weighted by Gasteiger charge is -2.09. The number of benzene rings is 2. The number of carbonyl (C=O) groups is 1. The number of aromatic nitrogens is 1. The molecule has 0 radical (unpaired) electrons. The fourth-order valence-corrected chi connectivity index (χ4v) is 2.55. The van der Waals surface area contributed by atoms with E-state index in [0.717, 1.165) is 5.56 Å². The van der Waals surface area contributed by atoms with Crippen molar-refractivity contribution in [1.29, 1.82) is 0 Å². The summed E-state index contributed by atoms with van der Waals surface area (Å²) in [5.74, 6) is -0.343. The number of hydrogen-bond donors (Lipinski definition) is 1. The number of aryl methyl sites for hydroxylation is 1. The predicted octanol–water partition coefficient (Wildman–Crippen LogP) is 5.00. The van der Waals surface area contributed by atoms with E-state index in [4.69, 9.17) is 16.1 Å². The average Bonchev–Trinajstić information content (AvgIpc) is 2.94. The molecule has 3 rings (SSSR count).